The number of ether oxygens (including phenoxy) is 2. The number of hydrogen-bond acceptors (Lipinski definition) is 7. The van der Waals surface area contributed by atoms with Crippen molar-refractivity contribution in [2.75, 3.05) is 12.0 Å². The molecule has 1 amide bonds. The lowest BCUT2D eigenvalue weighted by Crippen LogP contribution is -2.29. The molecule has 2 aromatic heterocycles. The van der Waals surface area contributed by atoms with Gasteiger partial charge in [0.05, 0.1) is 29.8 Å². The average Bonchev–Trinajstić information content (AvgIpc) is 3.43. The van der Waals surface area contributed by atoms with E-state index in [0.29, 0.717) is 45.3 Å². The zero-order valence-corrected chi connectivity index (χ0v) is 22.8. The van der Waals surface area contributed by atoms with Crippen molar-refractivity contribution in [1.82, 2.24) is 4.98 Å². The molecule has 0 N–H and O–H groups in total. The van der Waals surface area contributed by atoms with E-state index in [2.05, 4.69) is 4.98 Å². The van der Waals surface area contributed by atoms with Crippen LogP contribution < -0.4 is 19.8 Å². The normalized spacial score (nSPS) is 14.6. The summed E-state index contributed by atoms with van der Waals surface area (Å²) >= 11 is 1.41. The third-order valence-electron chi connectivity index (χ3n) is 6.99. The molecule has 0 fully saturated rings. The van der Waals surface area contributed by atoms with E-state index in [1.807, 2.05) is 75.4 Å². The van der Waals surface area contributed by atoms with Gasteiger partial charge in [0.25, 0.3) is 5.91 Å². The van der Waals surface area contributed by atoms with Crippen molar-refractivity contribution < 1.29 is 18.7 Å². The second kappa shape index (κ2) is 9.71. The van der Waals surface area contributed by atoms with Gasteiger partial charge in [-0.1, -0.05) is 48.0 Å². The minimum atomic E-state index is -0.740. The van der Waals surface area contributed by atoms with Crippen molar-refractivity contribution in [2.45, 2.75) is 33.4 Å². The summed E-state index contributed by atoms with van der Waals surface area (Å²) in [6.07, 6.45) is 0. The number of fused-ring (bicyclic) bond motifs is 2. The van der Waals surface area contributed by atoms with Crippen molar-refractivity contribution >= 4 is 33.3 Å². The molecule has 1 atom stereocenters. The van der Waals surface area contributed by atoms with Crippen molar-refractivity contribution in [3.63, 3.8) is 0 Å². The minimum absolute atomic E-state index is 0.0373. The largest absolute Gasteiger partial charge is 0.493 e. The molecule has 0 aliphatic carbocycles. The second-order valence-electron chi connectivity index (χ2n) is 9.57. The molecule has 0 radical (unpaired) electrons. The first kappa shape index (κ1) is 24.9. The molecule has 1 aliphatic heterocycles. The number of methoxy groups -OCH3 is 1. The lowest BCUT2D eigenvalue weighted by Gasteiger charge is -2.23. The summed E-state index contributed by atoms with van der Waals surface area (Å²) in [5.41, 5.74) is 3.93. The molecule has 6 rings (SSSR count). The van der Waals surface area contributed by atoms with Gasteiger partial charge < -0.3 is 13.9 Å². The van der Waals surface area contributed by atoms with Crippen molar-refractivity contribution in [1.29, 1.82) is 0 Å². The zero-order chi connectivity index (χ0) is 27.3. The molecule has 3 heterocycles. The Bertz CT molecular complexity index is 1770. The van der Waals surface area contributed by atoms with Crippen LogP contribution in [-0.2, 0) is 6.61 Å². The summed E-state index contributed by atoms with van der Waals surface area (Å²) in [7, 11) is 1.57. The number of carbonyl (C=O) groups is 1. The van der Waals surface area contributed by atoms with Crippen LogP contribution in [0.2, 0.25) is 0 Å². The smallest absolute Gasteiger partial charge is 0.297 e. The van der Waals surface area contributed by atoms with E-state index in [-0.39, 0.29) is 11.2 Å². The van der Waals surface area contributed by atoms with E-state index < -0.39 is 11.9 Å². The summed E-state index contributed by atoms with van der Waals surface area (Å²) in [4.78, 5) is 35.0. The highest BCUT2D eigenvalue weighted by Crippen LogP contribution is 2.44. The third kappa shape index (κ3) is 4.27. The second-order valence-corrected chi connectivity index (χ2v) is 10.8. The first-order chi connectivity index (χ1) is 18.9. The van der Waals surface area contributed by atoms with Crippen molar-refractivity contribution in [2.24, 2.45) is 0 Å². The Morgan fingerprint density at radius 3 is 2.49 bits per heavy atom. The molecule has 0 unspecified atom stereocenters. The number of thiazole rings is 1. The molecule has 5 aromatic rings. The maximum Gasteiger partial charge on any atom is 0.297 e. The van der Waals surface area contributed by atoms with Crippen molar-refractivity contribution in [3.8, 4) is 11.5 Å². The number of hydrogen-bond donors (Lipinski definition) is 0. The Morgan fingerprint density at radius 1 is 0.974 bits per heavy atom. The maximum atomic E-state index is 13.9. The number of carbonyl (C=O) groups excluding carboxylic acids is 1. The lowest BCUT2D eigenvalue weighted by molar-refractivity contribution is 0.0971. The third-order valence-corrected chi connectivity index (χ3v) is 8.06. The van der Waals surface area contributed by atoms with E-state index in [0.717, 1.165) is 21.7 Å². The van der Waals surface area contributed by atoms with E-state index in [9.17, 15) is 9.59 Å². The SMILES string of the molecule is COc1cc([C@H]2c3c(oc4ccc(C)cc4c3=O)C(=O)N2c2nc(C)c(C)s2)ccc1OCc1ccccc1. The van der Waals surface area contributed by atoms with Crippen LogP contribution in [0.1, 0.15) is 49.4 Å². The van der Waals surface area contributed by atoms with E-state index in [4.69, 9.17) is 13.9 Å². The highest BCUT2D eigenvalue weighted by Gasteiger charge is 2.45. The van der Waals surface area contributed by atoms with Crippen molar-refractivity contribution in [3.05, 3.63) is 116 Å². The quantitative estimate of drug-likeness (QED) is 0.245. The number of anilines is 1. The molecular formula is C31H26N2O5S. The van der Waals surface area contributed by atoms with E-state index in [1.165, 1.54) is 11.3 Å². The van der Waals surface area contributed by atoms with Crippen LogP contribution in [0, 0.1) is 20.8 Å². The van der Waals surface area contributed by atoms with Gasteiger partial charge in [-0.15, -0.1) is 11.3 Å². The summed E-state index contributed by atoms with van der Waals surface area (Å²) < 4.78 is 17.8. The molecule has 3 aromatic carbocycles. The Hall–Kier alpha value is -4.43. The predicted molar refractivity (Wildman–Crippen MR) is 151 cm³/mol. The molecular weight excluding hydrogens is 512 g/mol. The molecule has 0 spiro atoms. The first-order valence-electron chi connectivity index (χ1n) is 12.6. The topological polar surface area (TPSA) is 81.9 Å². The molecule has 196 valence electrons. The van der Waals surface area contributed by atoms with Crippen LogP contribution in [0.4, 0.5) is 5.13 Å². The number of rotatable bonds is 6. The number of nitrogens with zero attached hydrogens (tertiary/aromatic N) is 2. The first-order valence-corrected chi connectivity index (χ1v) is 13.4. The van der Waals surface area contributed by atoms with Gasteiger partial charge in [-0.3, -0.25) is 14.5 Å². The molecule has 1 aliphatic rings. The van der Waals surface area contributed by atoms with Crippen LogP contribution in [-0.4, -0.2) is 18.0 Å². The van der Waals surface area contributed by atoms with Gasteiger partial charge in [0.1, 0.15) is 12.2 Å². The summed E-state index contributed by atoms with van der Waals surface area (Å²) in [6, 6.07) is 20.0. The molecule has 7 nitrogen and oxygen atoms in total. The monoisotopic (exact) mass is 538 g/mol. The molecule has 39 heavy (non-hydrogen) atoms. The lowest BCUT2D eigenvalue weighted by atomic mass is 9.98. The molecule has 0 saturated heterocycles. The number of benzene rings is 3. The fourth-order valence-corrected chi connectivity index (χ4v) is 5.80. The van der Waals surface area contributed by atoms with Gasteiger partial charge in [-0.2, -0.15) is 0 Å². The molecule has 0 bridgehead atoms. The van der Waals surface area contributed by atoms with Gasteiger partial charge >= 0.3 is 0 Å². The zero-order valence-electron chi connectivity index (χ0n) is 22.0. The number of aryl methyl sites for hydroxylation is 3. The summed E-state index contributed by atoms with van der Waals surface area (Å²) in [6.45, 7) is 6.16. The van der Waals surface area contributed by atoms with E-state index >= 15 is 0 Å². The maximum absolute atomic E-state index is 13.9. The Kier molecular flexibility index (Phi) is 6.19. The highest BCUT2D eigenvalue weighted by atomic mass is 32.1. The van der Waals surface area contributed by atoms with Crippen LogP contribution in [0.25, 0.3) is 11.0 Å². The number of amides is 1. The Labute approximate surface area is 229 Å². The minimum Gasteiger partial charge on any atom is -0.493 e. The fraction of sp³-hybridized carbons (Fsp3) is 0.194. The Morgan fingerprint density at radius 2 is 1.77 bits per heavy atom. The van der Waals surface area contributed by atoms with Crippen LogP contribution in [0.3, 0.4) is 0 Å². The molecule has 0 saturated carbocycles. The van der Waals surface area contributed by atoms with Gasteiger partial charge in [0.2, 0.25) is 5.76 Å². The standard InChI is InChI=1S/C31H26N2O5S/c1-17-10-12-23-22(14-17)28(34)26-27(33(30(35)29(26)38-23)31-32-18(2)19(3)39-31)21-11-13-24(25(15-21)36-4)37-16-20-8-6-5-7-9-20/h5-15,27H,16H2,1-4H3/t27-/m0/s1. The predicted octanol–water partition coefficient (Wildman–Crippen LogP) is 6.51. The van der Waals surface area contributed by atoms with Crippen LogP contribution in [0.15, 0.2) is 75.9 Å². The number of aromatic nitrogens is 1. The fourth-order valence-electron chi connectivity index (χ4n) is 4.87. The van der Waals surface area contributed by atoms with E-state index in [1.54, 1.807) is 24.1 Å². The summed E-state index contributed by atoms with van der Waals surface area (Å²) in [5.74, 6) is 0.696. The highest BCUT2D eigenvalue weighted by molar-refractivity contribution is 7.15. The van der Waals surface area contributed by atoms with Gasteiger partial charge in [-0.25, -0.2) is 4.98 Å². The summed E-state index contributed by atoms with van der Waals surface area (Å²) in [5, 5.41) is 0.948. The van der Waals surface area contributed by atoms with Gasteiger partial charge in [0, 0.05) is 4.88 Å². The van der Waals surface area contributed by atoms with Crippen LogP contribution in [0.5, 0.6) is 11.5 Å². The van der Waals surface area contributed by atoms with Gasteiger partial charge in [-0.05, 0) is 56.2 Å². The van der Waals surface area contributed by atoms with Gasteiger partial charge in [0.15, 0.2) is 22.1 Å². The molecule has 8 heteroatoms. The Balaban J connectivity index is 1.50. The average molecular weight is 539 g/mol. The van der Waals surface area contributed by atoms with Crippen LogP contribution >= 0.6 is 11.3 Å².